The maximum atomic E-state index is 13.7. The summed E-state index contributed by atoms with van der Waals surface area (Å²) in [5, 5.41) is 6.11. The molecule has 0 spiro atoms. The van der Waals surface area contributed by atoms with Crippen LogP contribution in [0.4, 0.5) is 4.79 Å². The zero-order valence-electron chi connectivity index (χ0n) is 22.0. The number of hydrogen-bond donors (Lipinski definition) is 2. The van der Waals surface area contributed by atoms with Crippen molar-refractivity contribution in [3.05, 3.63) is 101 Å². The zero-order chi connectivity index (χ0) is 26.3. The maximum absolute atomic E-state index is 13.7. The van der Waals surface area contributed by atoms with E-state index in [1.807, 2.05) is 91.5 Å². The minimum Gasteiger partial charge on any atom is -0.487 e. The molecule has 0 radical (unpaired) electrons. The average molecular weight is 500 g/mol. The van der Waals surface area contributed by atoms with Crippen LogP contribution in [-0.2, 0) is 13.1 Å². The van der Waals surface area contributed by atoms with Gasteiger partial charge in [-0.15, -0.1) is 0 Å². The molecule has 37 heavy (non-hydrogen) atoms. The summed E-state index contributed by atoms with van der Waals surface area (Å²) >= 11 is 0. The predicted octanol–water partition coefficient (Wildman–Crippen LogP) is 6.23. The molecule has 0 aromatic heterocycles. The van der Waals surface area contributed by atoms with Crippen molar-refractivity contribution in [2.45, 2.75) is 64.8 Å². The molecule has 6 heteroatoms. The number of unbranched alkanes of at least 4 members (excludes halogenated alkanes) is 1. The van der Waals surface area contributed by atoms with Gasteiger partial charge >= 0.3 is 6.03 Å². The third-order valence-corrected chi connectivity index (χ3v) is 6.64. The number of carbonyl (C=O) groups is 2. The van der Waals surface area contributed by atoms with Gasteiger partial charge in [0.15, 0.2) is 0 Å². The standard InChI is InChI=1S/C31H37N3O3/c1-4-5-18-32-29(35)25-16-17-28-26(19-25)27(20-31(2,3)37-28)34(22-24-14-10-7-11-15-24)30(36)33-21-23-12-8-6-9-13-23/h6-17,19,27H,4-5,18,20-22H2,1-3H3,(H,32,35)(H,33,36). The van der Waals surface area contributed by atoms with E-state index in [9.17, 15) is 9.59 Å². The molecule has 0 saturated carbocycles. The topological polar surface area (TPSA) is 70.7 Å². The van der Waals surface area contributed by atoms with Gasteiger partial charge in [0.2, 0.25) is 0 Å². The van der Waals surface area contributed by atoms with Crippen molar-refractivity contribution in [1.29, 1.82) is 0 Å². The Hall–Kier alpha value is -3.80. The summed E-state index contributed by atoms with van der Waals surface area (Å²) < 4.78 is 6.30. The molecule has 3 aromatic carbocycles. The van der Waals surface area contributed by atoms with Gasteiger partial charge in [0, 0.05) is 37.2 Å². The van der Waals surface area contributed by atoms with E-state index < -0.39 is 5.60 Å². The van der Waals surface area contributed by atoms with Crippen molar-refractivity contribution >= 4 is 11.9 Å². The SMILES string of the molecule is CCCCNC(=O)c1ccc2c(c1)C(N(Cc1ccccc1)C(=O)NCc1ccccc1)CC(C)(C)O2. The van der Waals surface area contributed by atoms with Crippen molar-refractivity contribution in [3.63, 3.8) is 0 Å². The van der Waals surface area contributed by atoms with Crippen LogP contribution in [0.5, 0.6) is 5.75 Å². The minimum atomic E-state index is -0.475. The molecule has 1 atom stereocenters. The van der Waals surface area contributed by atoms with Gasteiger partial charge in [-0.2, -0.15) is 0 Å². The third kappa shape index (κ3) is 6.91. The van der Waals surface area contributed by atoms with Crippen LogP contribution in [0, 0.1) is 0 Å². The lowest BCUT2D eigenvalue weighted by atomic mass is 9.87. The Morgan fingerprint density at radius 2 is 1.62 bits per heavy atom. The fourth-order valence-corrected chi connectivity index (χ4v) is 4.70. The smallest absolute Gasteiger partial charge is 0.318 e. The van der Waals surface area contributed by atoms with Crippen LogP contribution in [0.15, 0.2) is 78.9 Å². The van der Waals surface area contributed by atoms with E-state index in [-0.39, 0.29) is 18.0 Å². The van der Waals surface area contributed by atoms with Crippen LogP contribution in [0.2, 0.25) is 0 Å². The van der Waals surface area contributed by atoms with Crippen molar-refractivity contribution < 1.29 is 14.3 Å². The highest BCUT2D eigenvalue weighted by atomic mass is 16.5. The van der Waals surface area contributed by atoms with E-state index in [0.29, 0.717) is 37.4 Å². The van der Waals surface area contributed by atoms with Crippen LogP contribution in [0.3, 0.4) is 0 Å². The maximum Gasteiger partial charge on any atom is 0.318 e. The predicted molar refractivity (Wildman–Crippen MR) is 146 cm³/mol. The van der Waals surface area contributed by atoms with Crippen molar-refractivity contribution in [2.75, 3.05) is 6.54 Å². The van der Waals surface area contributed by atoms with Gasteiger partial charge in [-0.05, 0) is 49.6 Å². The lowest BCUT2D eigenvalue weighted by molar-refractivity contribution is 0.0381. The van der Waals surface area contributed by atoms with Crippen molar-refractivity contribution in [2.24, 2.45) is 0 Å². The first-order chi connectivity index (χ1) is 17.9. The number of benzene rings is 3. The summed E-state index contributed by atoms with van der Waals surface area (Å²) in [6, 6.07) is 25.0. The summed E-state index contributed by atoms with van der Waals surface area (Å²) in [6.07, 6.45) is 2.55. The second-order valence-electron chi connectivity index (χ2n) is 10.2. The van der Waals surface area contributed by atoms with E-state index in [2.05, 4.69) is 17.6 Å². The molecule has 1 aliphatic rings. The molecule has 0 fully saturated rings. The molecule has 3 amide bonds. The quantitative estimate of drug-likeness (QED) is 0.343. The lowest BCUT2D eigenvalue weighted by Crippen LogP contribution is -2.47. The molecule has 4 rings (SSSR count). The van der Waals surface area contributed by atoms with E-state index in [1.165, 1.54) is 0 Å². The molecule has 2 N–H and O–H groups in total. The molecular weight excluding hydrogens is 462 g/mol. The van der Waals surface area contributed by atoms with Gasteiger partial charge < -0.3 is 20.3 Å². The highest BCUT2D eigenvalue weighted by molar-refractivity contribution is 5.94. The number of nitrogens with zero attached hydrogens (tertiary/aromatic N) is 1. The Morgan fingerprint density at radius 1 is 0.946 bits per heavy atom. The summed E-state index contributed by atoms with van der Waals surface area (Å²) in [5.74, 6) is 0.600. The summed E-state index contributed by atoms with van der Waals surface area (Å²) in [5.41, 5.74) is 3.03. The summed E-state index contributed by atoms with van der Waals surface area (Å²) in [4.78, 5) is 28.5. The van der Waals surface area contributed by atoms with Gasteiger partial charge in [-0.3, -0.25) is 4.79 Å². The molecule has 1 unspecified atom stereocenters. The number of hydrogen-bond acceptors (Lipinski definition) is 3. The van der Waals surface area contributed by atoms with Crippen LogP contribution >= 0.6 is 0 Å². The fourth-order valence-electron chi connectivity index (χ4n) is 4.70. The number of urea groups is 1. The molecule has 3 aromatic rings. The molecule has 0 bridgehead atoms. The van der Waals surface area contributed by atoms with Crippen LogP contribution in [-0.4, -0.2) is 29.0 Å². The van der Waals surface area contributed by atoms with Gasteiger partial charge in [0.1, 0.15) is 11.4 Å². The van der Waals surface area contributed by atoms with Gasteiger partial charge in [0.25, 0.3) is 5.91 Å². The van der Waals surface area contributed by atoms with Crippen LogP contribution in [0.1, 0.15) is 73.1 Å². The van der Waals surface area contributed by atoms with Crippen LogP contribution in [0.25, 0.3) is 0 Å². The van der Waals surface area contributed by atoms with Gasteiger partial charge in [0.05, 0.1) is 6.04 Å². The Balaban J connectivity index is 1.66. The molecule has 0 aliphatic carbocycles. The normalized spacial score (nSPS) is 15.7. The largest absolute Gasteiger partial charge is 0.487 e. The number of rotatable bonds is 9. The first-order valence-electron chi connectivity index (χ1n) is 13.1. The third-order valence-electron chi connectivity index (χ3n) is 6.64. The molecule has 194 valence electrons. The Morgan fingerprint density at radius 3 is 2.30 bits per heavy atom. The van der Waals surface area contributed by atoms with E-state index in [1.54, 1.807) is 6.07 Å². The summed E-state index contributed by atoms with van der Waals surface area (Å²) in [6.45, 7) is 7.69. The Labute approximate surface area is 220 Å². The molecular formula is C31H37N3O3. The van der Waals surface area contributed by atoms with Gasteiger partial charge in [-0.25, -0.2) is 4.79 Å². The first-order valence-corrected chi connectivity index (χ1v) is 13.1. The van der Waals surface area contributed by atoms with E-state index in [0.717, 1.165) is 29.5 Å². The van der Waals surface area contributed by atoms with Crippen LogP contribution < -0.4 is 15.4 Å². The monoisotopic (exact) mass is 499 g/mol. The second kappa shape index (κ2) is 12.0. The number of ether oxygens (including phenoxy) is 1. The lowest BCUT2D eigenvalue weighted by Gasteiger charge is -2.42. The zero-order valence-corrected chi connectivity index (χ0v) is 22.0. The number of carbonyl (C=O) groups excluding carboxylic acids is 2. The Bertz CT molecular complexity index is 1190. The average Bonchev–Trinajstić information content (AvgIpc) is 2.90. The minimum absolute atomic E-state index is 0.108. The highest BCUT2D eigenvalue weighted by Crippen LogP contribution is 2.43. The van der Waals surface area contributed by atoms with Gasteiger partial charge in [-0.1, -0.05) is 74.0 Å². The number of fused-ring (bicyclic) bond motifs is 1. The second-order valence-corrected chi connectivity index (χ2v) is 10.2. The molecule has 1 aliphatic heterocycles. The molecule has 1 heterocycles. The number of amides is 3. The summed E-state index contributed by atoms with van der Waals surface area (Å²) in [7, 11) is 0. The van der Waals surface area contributed by atoms with Crippen molar-refractivity contribution in [3.8, 4) is 5.75 Å². The highest BCUT2D eigenvalue weighted by Gasteiger charge is 2.39. The fraction of sp³-hybridized carbons (Fsp3) is 0.355. The van der Waals surface area contributed by atoms with Crippen molar-refractivity contribution in [1.82, 2.24) is 15.5 Å². The molecule has 0 saturated heterocycles. The van der Waals surface area contributed by atoms with E-state index >= 15 is 0 Å². The van der Waals surface area contributed by atoms with E-state index in [4.69, 9.17) is 4.74 Å². The first kappa shape index (κ1) is 26.3. The number of nitrogens with one attached hydrogen (secondary N) is 2. The Kier molecular flexibility index (Phi) is 8.49. The molecule has 6 nitrogen and oxygen atoms in total.